The van der Waals surface area contributed by atoms with Crippen molar-refractivity contribution in [2.75, 3.05) is 13.2 Å². The minimum atomic E-state index is 0.503. The highest BCUT2D eigenvalue weighted by molar-refractivity contribution is 5.11. The first-order valence-electron chi connectivity index (χ1n) is 7.12. The molecule has 2 heterocycles. The molecule has 1 aliphatic rings. The Kier molecular flexibility index (Phi) is 5.62. The summed E-state index contributed by atoms with van der Waals surface area (Å²) in [5.41, 5.74) is 1.36. The smallest absolute Gasteiger partial charge is 0.0576 e. The minimum Gasteiger partial charge on any atom is -0.378 e. The van der Waals surface area contributed by atoms with Crippen molar-refractivity contribution in [3.8, 4) is 0 Å². The number of aromatic nitrogens is 1. The lowest BCUT2D eigenvalue weighted by Gasteiger charge is -2.19. The van der Waals surface area contributed by atoms with Gasteiger partial charge in [0, 0.05) is 25.0 Å². The van der Waals surface area contributed by atoms with E-state index >= 15 is 0 Å². The van der Waals surface area contributed by atoms with Gasteiger partial charge in [-0.2, -0.15) is 0 Å². The van der Waals surface area contributed by atoms with E-state index in [2.05, 4.69) is 29.4 Å². The van der Waals surface area contributed by atoms with Gasteiger partial charge in [-0.25, -0.2) is 0 Å². The Bertz CT molecular complexity index is 323. The van der Waals surface area contributed by atoms with E-state index in [1.807, 2.05) is 12.4 Å². The molecule has 2 rings (SSSR count). The largest absolute Gasteiger partial charge is 0.378 e. The van der Waals surface area contributed by atoms with Crippen LogP contribution in [0.5, 0.6) is 0 Å². The monoisotopic (exact) mass is 248 g/mol. The molecule has 1 fully saturated rings. The fourth-order valence-electron chi connectivity index (χ4n) is 2.63. The molecule has 1 aromatic rings. The fraction of sp³-hybridized carbons (Fsp3) is 0.667. The average molecular weight is 248 g/mol. The minimum absolute atomic E-state index is 0.503. The van der Waals surface area contributed by atoms with Crippen LogP contribution in [0.4, 0.5) is 0 Å². The first-order valence-corrected chi connectivity index (χ1v) is 7.12. The van der Waals surface area contributed by atoms with E-state index in [1.54, 1.807) is 0 Å². The number of likely N-dealkylation sites (N-methyl/N-ethyl adjacent to an activating group) is 1. The summed E-state index contributed by atoms with van der Waals surface area (Å²) in [6.45, 7) is 4.16. The SMILES string of the molecule is CCNC(CCC1CCCO1)Cc1ccncc1. The molecule has 0 saturated carbocycles. The molecule has 0 amide bonds. The van der Waals surface area contributed by atoms with Crippen LogP contribution in [0.3, 0.4) is 0 Å². The lowest BCUT2D eigenvalue weighted by atomic mass is 10.00. The highest BCUT2D eigenvalue weighted by atomic mass is 16.5. The van der Waals surface area contributed by atoms with Gasteiger partial charge in [0.15, 0.2) is 0 Å². The lowest BCUT2D eigenvalue weighted by Crippen LogP contribution is -2.32. The third-order valence-electron chi connectivity index (χ3n) is 3.59. The molecule has 1 aliphatic heterocycles. The van der Waals surface area contributed by atoms with Crippen molar-refractivity contribution in [3.63, 3.8) is 0 Å². The molecule has 1 N–H and O–H groups in total. The molecule has 0 aliphatic carbocycles. The maximum Gasteiger partial charge on any atom is 0.0576 e. The molecule has 0 radical (unpaired) electrons. The van der Waals surface area contributed by atoms with Crippen LogP contribution in [-0.2, 0) is 11.2 Å². The first-order chi connectivity index (χ1) is 8.88. The van der Waals surface area contributed by atoms with E-state index in [0.29, 0.717) is 12.1 Å². The van der Waals surface area contributed by atoms with Gasteiger partial charge in [0.2, 0.25) is 0 Å². The zero-order valence-corrected chi connectivity index (χ0v) is 11.3. The zero-order chi connectivity index (χ0) is 12.6. The lowest BCUT2D eigenvalue weighted by molar-refractivity contribution is 0.0996. The predicted molar refractivity (Wildman–Crippen MR) is 73.6 cm³/mol. The number of rotatable bonds is 7. The molecular formula is C15H24N2O. The Balaban J connectivity index is 1.79. The second-order valence-electron chi connectivity index (χ2n) is 5.03. The Hall–Kier alpha value is -0.930. The molecule has 3 heteroatoms. The van der Waals surface area contributed by atoms with Crippen LogP contribution in [0.2, 0.25) is 0 Å². The molecule has 0 aromatic carbocycles. The summed E-state index contributed by atoms with van der Waals surface area (Å²) < 4.78 is 5.69. The summed E-state index contributed by atoms with van der Waals surface area (Å²) in [4.78, 5) is 4.07. The third kappa shape index (κ3) is 4.39. The standard InChI is InChI=1S/C15H24N2O/c1-2-17-14(5-6-15-4-3-11-18-15)12-13-7-9-16-10-8-13/h7-10,14-15,17H,2-6,11-12H2,1H3. The molecule has 100 valence electrons. The van der Waals surface area contributed by atoms with E-state index in [9.17, 15) is 0 Å². The summed E-state index contributed by atoms with van der Waals surface area (Å²) in [6, 6.07) is 4.77. The molecule has 18 heavy (non-hydrogen) atoms. The van der Waals surface area contributed by atoms with Gasteiger partial charge in [0.05, 0.1) is 6.10 Å². The van der Waals surface area contributed by atoms with Crippen molar-refractivity contribution < 1.29 is 4.74 Å². The number of ether oxygens (including phenoxy) is 1. The number of nitrogens with zero attached hydrogens (tertiary/aromatic N) is 1. The second-order valence-corrected chi connectivity index (χ2v) is 5.03. The maximum absolute atomic E-state index is 5.69. The van der Waals surface area contributed by atoms with Crippen LogP contribution in [-0.4, -0.2) is 30.3 Å². The summed E-state index contributed by atoms with van der Waals surface area (Å²) in [5.74, 6) is 0. The topological polar surface area (TPSA) is 34.1 Å². The molecule has 2 atom stereocenters. The zero-order valence-electron chi connectivity index (χ0n) is 11.3. The summed E-state index contributed by atoms with van der Waals surface area (Å²) in [7, 11) is 0. The normalized spacial score (nSPS) is 21.1. The number of pyridine rings is 1. The Morgan fingerprint density at radius 1 is 1.44 bits per heavy atom. The predicted octanol–water partition coefficient (Wildman–Crippen LogP) is 2.56. The quantitative estimate of drug-likeness (QED) is 0.805. The highest BCUT2D eigenvalue weighted by Gasteiger charge is 2.17. The van der Waals surface area contributed by atoms with Gasteiger partial charge in [-0.05, 0) is 56.3 Å². The highest BCUT2D eigenvalue weighted by Crippen LogP contribution is 2.18. The number of hydrogen-bond donors (Lipinski definition) is 1. The molecule has 1 aromatic heterocycles. The van der Waals surface area contributed by atoms with Gasteiger partial charge < -0.3 is 10.1 Å². The van der Waals surface area contributed by atoms with E-state index < -0.39 is 0 Å². The molecule has 0 bridgehead atoms. The van der Waals surface area contributed by atoms with Crippen molar-refractivity contribution in [2.24, 2.45) is 0 Å². The van der Waals surface area contributed by atoms with Gasteiger partial charge in [-0.15, -0.1) is 0 Å². The Labute approximate surface area is 110 Å². The van der Waals surface area contributed by atoms with Crippen molar-refractivity contribution in [1.29, 1.82) is 0 Å². The molecule has 2 unspecified atom stereocenters. The van der Waals surface area contributed by atoms with Crippen LogP contribution in [0.1, 0.15) is 38.2 Å². The van der Waals surface area contributed by atoms with Gasteiger partial charge in [0.1, 0.15) is 0 Å². The van der Waals surface area contributed by atoms with Crippen molar-refractivity contribution in [1.82, 2.24) is 10.3 Å². The van der Waals surface area contributed by atoms with E-state index in [1.165, 1.54) is 31.2 Å². The summed E-state index contributed by atoms with van der Waals surface area (Å²) in [6.07, 6.45) is 10.2. The maximum atomic E-state index is 5.69. The summed E-state index contributed by atoms with van der Waals surface area (Å²) in [5, 5.41) is 3.58. The van der Waals surface area contributed by atoms with Crippen LogP contribution < -0.4 is 5.32 Å². The Morgan fingerprint density at radius 2 is 2.28 bits per heavy atom. The van der Waals surface area contributed by atoms with Crippen molar-refractivity contribution >= 4 is 0 Å². The molecule has 0 spiro atoms. The van der Waals surface area contributed by atoms with Crippen LogP contribution >= 0.6 is 0 Å². The van der Waals surface area contributed by atoms with Gasteiger partial charge in [0.25, 0.3) is 0 Å². The second kappa shape index (κ2) is 7.49. The van der Waals surface area contributed by atoms with Gasteiger partial charge in [-0.3, -0.25) is 4.98 Å². The first kappa shape index (κ1) is 13.5. The van der Waals surface area contributed by atoms with Crippen LogP contribution in [0.25, 0.3) is 0 Å². The fourth-order valence-corrected chi connectivity index (χ4v) is 2.63. The van der Waals surface area contributed by atoms with E-state index in [0.717, 1.165) is 19.6 Å². The summed E-state index contributed by atoms with van der Waals surface area (Å²) >= 11 is 0. The molecule has 3 nitrogen and oxygen atoms in total. The van der Waals surface area contributed by atoms with Crippen LogP contribution in [0.15, 0.2) is 24.5 Å². The van der Waals surface area contributed by atoms with Crippen molar-refractivity contribution in [2.45, 2.75) is 51.2 Å². The average Bonchev–Trinajstić information content (AvgIpc) is 2.91. The van der Waals surface area contributed by atoms with Crippen molar-refractivity contribution in [3.05, 3.63) is 30.1 Å². The van der Waals surface area contributed by atoms with Gasteiger partial charge in [-0.1, -0.05) is 6.92 Å². The van der Waals surface area contributed by atoms with E-state index in [-0.39, 0.29) is 0 Å². The Morgan fingerprint density at radius 3 is 2.94 bits per heavy atom. The molecule has 1 saturated heterocycles. The third-order valence-corrected chi connectivity index (χ3v) is 3.59. The number of nitrogens with one attached hydrogen (secondary N) is 1. The van der Waals surface area contributed by atoms with E-state index in [4.69, 9.17) is 4.74 Å². The number of hydrogen-bond acceptors (Lipinski definition) is 3. The van der Waals surface area contributed by atoms with Gasteiger partial charge >= 0.3 is 0 Å². The van der Waals surface area contributed by atoms with Crippen LogP contribution in [0, 0.1) is 0 Å². The molecular weight excluding hydrogens is 224 g/mol.